The zero-order valence-corrected chi connectivity index (χ0v) is 15.6. The Kier molecular flexibility index (Phi) is 5.57. The maximum absolute atomic E-state index is 13.6. The Hall–Kier alpha value is -2.32. The van der Waals surface area contributed by atoms with Crippen molar-refractivity contribution in [2.45, 2.75) is 31.7 Å². The van der Waals surface area contributed by atoms with Gasteiger partial charge in [0.1, 0.15) is 17.7 Å². The minimum atomic E-state index is -3.80. The lowest BCUT2D eigenvalue weighted by Crippen LogP contribution is -2.41. The Morgan fingerprint density at radius 1 is 1.11 bits per heavy atom. The van der Waals surface area contributed by atoms with Gasteiger partial charge in [-0.1, -0.05) is 24.3 Å². The van der Waals surface area contributed by atoms with E-state index in [0.29, 0.717) is 30.6 Å². The average molecular weight is 394 g/mol. The quantitative estimate of drug-likeness (QED) is 0.819. The van der Waals surface area contributed by atoms with Crippen LogP contribution in [-0.2, 0) is 27.1 Å². The van der Waals surface area contributed by atoms with E-state index in [1.165, 1.54) is 29.2 Å². The molecule has 5 nitrogen and oxygen atoms in total. The summed E-state index contributed by atoms with van der Waals surface area (Å²) in [6.07, 6.45) is 0.349. The highest BCUT2D eigenvalue weighted by Crippen LogP contribution is 2.18. The Labute approximate surface area is 157 Å². The normalized spacial score (nSPS) is 17.5. The van der Waals surface area contributed by atoms with Gasteiger partial charge in [0.15, 0.2) is 0 Å². The summed E-state index contributed by atoms with van der Waals surface area (Å²) in [5.74, 6) is -1.54. The summed E-state index contributed by atoms with van der Waals surface area (Å²) in [4.78, 5) is 14.0. The first kappa shape index (κ1) is 19.4. The highest BCUT2D eigenvalue weighted by atomic mass is 32.2. The van der Waals surface area contributed by atoms with Gasteiger partial charge in [0.25, 0.3) is 0 Å². The molecule has 1 aliphatic heterocycles. The highest BCUT2D eigenvalue weighted by Gasteiger charge is 2.34. The standard InChI is InChI=1S/C19H20F2N2O3S/c1-13-2-3-15(10-17(13)21)12-27(25,26)22-18-8-9-23(19(18)24)11-14-4-6-16(20)7-5-14/h2-7,10,18,22H,8-9,11-12H2,1H3. The number of carbonyl (C=O) groups is 1. The first-order chi connectivity index (χ1) is 12.7. The molecule has 1 aliphatic rings. The van der Waals surface area contributed by atoms with E-state index in [-0.39, 0.29) is 11.7 Å². The first-order valence-corrected chi connectivity index (χ1v) is 10.2. The van der Waals surface area contributed by atoms with Crippen LogP contribution in [0.5, 0.6) is 0 Å². The number of carbonyl (C=O) groups excluding carboxylic acids is 1. The lowest BCUT2D eigenvalue weighted by Gasteiger charge is -2.17. The van der Waals surface area contributed by atoms with Gasteiger partial charge >= 0.3 is 0 Å². The van der Waals surface area contributed by atoms with E-state index in [4.69, 9.17) is 0 Å². The highest BCUT2D eigenvalue weighted by molar-refractivity contribution is 7.88. The number of rotatable bonds is 6. The number of halogens is 2. The lowest BCUT2D eigenvalue weighted by atomic mass is 10.2. The molecule has 1 atom stereocenters. The van der Waals surface area contributed by atoms with E-state index in [2.05, 4.69) is 4.72 Å². The monoisotopic (exact) mass is 394 g/mol. The van der Waals surface area contributed by atoms with Crippen LogP contribution in [0.25, 0.3) is 0 Å². The topological polar surface area (TPSA) is 66.5 Å². The van der Waals surface area contributed by atoms with Gasteiger partial charge in [0, 0.05) is 13.1 Å². The molecule has 8 heteroatoms. The van der Waals surface area contributed by atoms with Crippen molar-refractivity contribution < 1.29 is 22.0 Å². The molecule has 1 fully saturated rings. The minimum Gasteiger partial charge on any atom is -0.337 e. The molecule has 0 aliphatic carbocycles. The van der Waals surface area contributed by atoms with Crippen molar-refractivity contribution in [3.63, 3.8) is 0 Å². The van der Waals surface area contributed by atoms with E-state index in [1.54, 1.807) is 25.1 Å². The van der Waals surface area contributed by atoms with Crippen molar-refractivity contribution in [3.05, 3.63) is 70.8 Å². The molecular weight excluding hydrogens is 374 g/mol. The summed E-state index contributed by atoms with van der Waals surface area (Å²) in [5.41, 5.74) is 1.52. The van der Waals surface area contributed by atoms with Crippen molar-refractivity contribution >= 4 is 15.9 Å². The molecule has 3 rings (SSSR count). The zero-order valence-electron chi connectivity index (χ0n) is 14.8. The van der Waals surface area contributed by atoms with E-state index >= 15 is 0 Å². The van der Waals surface area contributed by atoms with Crippen molar-refractivity contribution in [1.82, 2.24) is 9.62 Å². The third-order valence-corrected chi connectivity index (χ3v) is 5.86. The van der Waals surface area contributed by atoms with Gasteiger partial charge in [-0.3, -0.25) is 4.79 Å². The summed E-state index contributed by atoms with van der Waals surface area (Å²) in [6.45, 7) is 2.29. The molecule has 0 radical (unpaired) electrons. The van der Waals surface area contributed by atoms with Gasteiger partial charge < -0.3 is 4.90 Å². The fourth-order valence-electron chi connectivity index (χ4n) is 3.02. The van der Waals surface area contributed by atoms with Gasteiger partial charge in [-0.25, -0.2) is 21.9 Å². The predicted octanol–water partition coefficient (Wildman–Crippen LogP) is 2.49. The number of amides is 1. The molecule has 1 heterocycles. The second-order valence-corrected chi connectivity index (χ2v) is 8.44. The summed E-state index contributed by atoms with van der Waals surface area (Å²) >= 11 is 0. The zero-order chi connectivity index (χ0) is 19.6. The Balaban J connectivity index is 1.62. The molecule has 1 saturated heterocycles. The number of aryl methyl sites for hydroxylation is 1. The van der Waals surface area contributed by atoms with Crippen molar-refractivity contribution in [2.24, 2.45) is 0 Å². The van der Waals surface area contributed by atoms with E-state index in [1.807, 2.05) is 0 Å². The maximum Gasteiger partial charge on any atom is 0.241 e. The minimum absolute atomic E-state index is 0.292. The molecule has 144 valence electrons. The van der Waals surface area contributed by atoms with Crippen LogP contribution in [0.4, 0.5) is 8.78 Å². The van der Waals surface area contributed by atoms with Crippen LogP contribution in [0.2, 0.25) is 0 Å². The smallest absolute Gasteiger partial charge is 0.241 e. The van der Waals surface area contributed by atoms with Gasteiger partial charge in [0.2, 0.25) is 15.9 Å². The van der Waals surface area contributed by atoms with Crippen LogP contribution in [0.1, 0.15) is 23.1 Å². The molecule has 2 aromatic carbocycles. The number of benzene rings is 2. The summed E-state index contributed by atoms with van der Waals surface area (Å²) in [6, 6.07) is 9.23. The third kappa shape index (κ3) is 4.90. The molecule has 2 aromatic rings. The molecule has 0 bridgehead atoms. The van der Waals surface area contributed by atoms with Crippen molar-refractivity contribution in [3.8, 4) is 0 Å². The van der Waals surface area contributed by atoms with Crippen LogP contribution >= 0.6 is 0 Å². The van der Waals surface area contributed by atoms with Crippen molar-refractivity contribution in [2.75, 3.05) is 6.54 Å². The Morgan fingerprint density at radius 2 is 1.78 bits per heavy atom. The van der Waals surface area contributed by atoms with Gasteiger partial charge in [-0.2, -0.15) is 0 Å². The number of nitrogens with zero attached hydrogens (tertiary/aromatic N) is 1. The van der Waals surface area contributed by atoms with E-state index < -0.39 is 27.6 Å². The predicted molar refractivity (Wildman–Crippen MR) is 97.1 cm³/mol. The Morgan fingerprint density at radius 3 is 2.44 bits per heavy atom. The van der Waals surface area contributed by atoms with E-state index in [9.17, 15) is 22.0 Å². The van der Waals surface area contributed by atoms with Crippen LogP contribution < -0.4 is 4.72 Å². The molecule has 1 unspecified atom stereocenters. The SMILES string of the molecule is Cc1ccc(CS(=O)(=O)NC2CCN(Cc3ccc(F)cc3)C2=O)cc1F. The van der Waals surface area contributed by atoms with Crippen LogP contribution in [0, 0.1) is 18.6 Å². The fourth-order valence-corrected chi connectivity index (χ4v) is 4.37. The van der Waals surface area contributed by atoms with Gasteiger partial charge in [0.05, 0.1) is 5.75 Å². The van der Waals surface area contributed by atoms with Crippen molar-refractivity contribution in [1.29, 1.82) is 0 Å². The molecule has 0 saturated carbocycles. The third-order valence-electron chi connectivity index (χ3n) is 4.50. The molecule has 0 aromatic heterocycles. The number of nitrogens with one attached hydrogen (secondary N) is 1. The number of hydrogen-bond donors (Lipinski definition) is 1. The molecule has 1 N–H and O–H groups in total. The molecule has 1 amide bonds. The number of likely N-dealkylation sites (tertiary alicyclic amines) is 1. The molecule has 27 heavy (non-hydrogen) atoms. The van der Waals surface area contributed by atoms with Crippen LogP contribution in [0.15, 0.2) is 42.5 Å². The number of hydrogen-bond acceptors (Lipinski definition) is 3. The summed E-state index contributed by atoms with van der Waals surface area (Å²) < 4.78 is 53.7. The Bertz CT molecular complexity index is 946. The van der Waals surface area contributed by atoms with Gasteiger partial charge in [-0.15, -0.1) is 0 Å². The lowest BCUT2D eigenvalue weighted by molar-refractivity contribution is -0.129. The van der Waals surface area contributed by atoms with Gasteiger partial charge in [-0.05, 0) is 48.2 Å². The maximum atomic E-state index is 13.6. The van der Waals surface area contributed by atoms with E-state index in [0.717, 1.165) is 5.56 Å². The fraction of sp³-hybridized carbons (Fsp3) is 0.316. The largest absolute Gasteiger partial charge is 0.337 e. The average Bonchev–Trinajstić information content (AvgIpc) is 2.92. The summed E-state index contributed by atoms with van der Waals surface area (Å²) in [5, 5.41) is 0. The first-order valence-electron chi connectivity index (χ1n) is 8.52. The second kappa shape index (κ2) is 7.74. The molecule has 0 spiro atoms. The summed E-state index contributed by atoms with van der Waals surface area (Å²) in [7, 11) is -3.80. The van der Waals surface area contributed by atoms with Crippen LogP contribution in [-0.4, -0.2) is 31.8 Å². The second-order valence-electron chi connectivity index (χ2n) is 6.69. The van der Waals surface area contributed by atoms with Crippen LogP contribution in [0.3, 0.4) is 0 Å². The number of sulfonamides is 1. The molecular formula is C19H20F2N2O3S.